The van der Waals surface area contributed by atoms with Gasteiger partial charge in [0.15, 0.2) is 0 Å². The lowest BCUT2D eigenvalue weighted by Crippen LogP contribution is -2.28. The van der Waals surface area contributed by atoms with Crippen LogP contribution in [-0.2, 0) is 4.79 Å². The monoisotopic (exact) mass is 248 g/mol. The molecule has 0 bridgehead atoms. The number of amides is 1. The standard InChI is InChI=1S/C13H16N2O3/c1-3-14(4-2)13(16)10-7-11-5-8-12(9-6-11)15(17)18/h5-10H,3-4H2,1-2H3/b10-7+. The van der Waals surface area contributed by atoms with Crippen LogP contribution in [0.2, 0.25) is 0 Å². The summed E-state index contributed by atoms with van der Waals surface area (Å²) in [7, 11) is 0. The molecule has 0 radical (unpaired) electrons. The highest BCUT2D eigenvalue weighted by molar-refractivity contribution is 5.91. The molecule has 0 aromatic heterocycles. The molecule has 0 unspecified atom stereocenters. The van der Waals surface area contributed by atoms with Crippen LogP contribution in [0.25, 0.3) is 6.08 Å². The van der Waals surface area contributed by atoms with E-state index in [0.717, 1.165) is 5.56 Å². The Hall–Kier alpha value is -2.17. The van der Waals surface area contributed by atoms with Crippen LogP contribution < -0.4 is 0 Å². The molecular formula is C13H16N2O3. The fraction of sp³-hybridized carbons (Fsp3) is 0.308. The Morgan fingerprint density at radius 2 is 1.83 bits per heavy atom. The van der Waals surface area contributed by atoms with E-state index in [0.29, 0.717) is 13.1 Å². The molecule has 0 saturated heterocycles. The summed E-state index contributed by atoms with van der Waals surface area (Å²) in [5, 5.41) is 10.5. The van der Waals surface area contributed by atoms with Crippen molar-refractivity contribution in [3.8, 4) is 0 Å². The van der Waals surface area contributed by atoms with E-state index >= 15 is 0 Å². The van der Waals surface area contributed by atoms with Gasteiger partial charge in [-0.3, -0.25) is 14.9 Å². The minimum atomic E-state index is -0.450. The van der Waals surface area contributed by atoms with Crippen molar-refractivity contribution in [2.24, 2.45) is 0 Å². The van der Waals surface area contributed by atoms with Crippen LogP contribution in [-0.4, -0.2) is 28.8 Å². The first-order chi connectivity index (χ1) is 8.58. The van der Waals surface area contributed by atoms with Crippen molar-refractivity contribution in [1.29, 1.82) is 0 Å². The lowest BCUT2D eigenvalue weighted by molar-refractivity contribution is -0.384. The van der Waals surface area contributed by atoms with Gasteiger partial charge in [0.2, 0.25) is 5.91 Å². The van der Waals surface area contributed by atoms with E-state index in [-0.39, 0.29) is 11.6 Å². The van der Waals surface area contributed by atoms with E-state index in [1.807, 2.05) is 13.8 Å². The summed E-state index contributed by atoms with van der Waals surface area (Å²) in [6.07, 6.45) is 3.14. The van der Waals surface area contributed by atoms with Gasteiger partial charge in [0, 0.05) is 31.3 Å². The molecule has 0 aliphatic rings. The lowest BCUT2D eigenvalue weighted by Gasteiger charge is -2.15. The summed E-state index contributed by atoms with van der Waals surface area (Å²) in [5.41, 5.74) is 0.809. The topological polar surface area (TPSA) is 63.5 Å². The van der Waals surface area contributed by atoms with Crippen molar-refractivity contribution in [1.82, 2.24) is 4.90 Å². The van der Waals surface area contributed by atoms with Crippen LogP contribution >= 0.6 is 0 Å². The third kappa shape index (κ3) is 3.69. The minimum Gasteiger partial charge on any atom is -0.340 e. The molecule has 5 nitrogen and oxygen atoms in total. The van der Waals surface area contributed by atoms with E-state index in [2.05, 4.69) is 0 Å². The summed E-state index contributed by atoms with van der Waals surface area (Å²) < 4.78 is 0. The third-order valence-electron chi connectivity index (χ3n) is 2.60. The van der Waals surface area contributed by atoms with Crippen molar-refractivity contribution < 1.29 is 9.72 Å². The second kappa shape index (κ2) is 6.54. The van der Waals surface area contributed by atoms with Crippen LogP contribution in [0, 0.1) is 10.1 Å². The molecule has 18 heavy (non-hydrogen) atoms. The molecule has 1 aromatic rings. The fourth-order valence-electron chi connectivity index (χ4n) is 1.52. The van der Waals surface area contributed by atoms with E-state index < -0.39 is 4.92 Å². The molecule has 0 aliphatic heterocycles. The Bertz CT molecular complexity index is 448. The molecule has 0 aliphatic carbocycles. The molecule has 5 heteroatoms. The van der Waals surface area contributed by atoms with Gasteiger partial charge in [-0.1, -0.05) is 0 Å². The van der Waals surface area contributed by atoms with Crippen LogP contribution in [0.1, 0.15) is 19.4 Å². The average Bonchev–Trinajstić information content (AvgIpc) is 2.38. The summed E-state index contributed by atoms with van der Waals surface area (Å²) >= 11 is 0. The van der Waals surface area contributed by atoms with Crippen molar-refractivity contribution >= 4 is 17.7 Å². The number of carbonyl (C=O) groups excluding carboxylic acids is 1. The van der Waals surface area contributed by atoms with Gasteiger partial charge in [-0.25, -0.2) is 0 Å². The van der Waals surface area contributed by atoms with Gasteiger partial charge in [-0.2, -0.15) is 0 Å². The van der Waals surface area contributed by atoms with Gasteiger partial charge in [0.1, 0.15) is 0 Å². The number of non-ortho nitro benzene ring substituents is 1. The smallest absolute Gasteiger partial charge is 0.269 e. The van der Waals surface area contributed by atoms with Crippen molar-refractivity contribution in [2.45, 2.75) is 13.8 Å². The van der Waals surface area contributed by atoms with Gasteiger partial charge in [-0.05, 0) is 37.6 Å². The first-order valence-electron chi connectivity index (χ1n) is 5.80. The van der Waals surface area contributed by atoms with Crippen LogP contribution in [0.4, 0.5) is 5.69 Å². The largest absolute Gasteiger partial charge is 0.340 e. The first-order valence-corrected chi connectivity index (χ1v) is 5.80. The fourth-order valence-corrected chi connectivity index (χ4v) is 1.52. The van der Waals surface area contributed by atoms with Gasteiger partial charge >= 0.3 is 0 Å². The van der Waals surface area contributed by atoms with Gasteiger partial charge in [0.25, 0.3) is 5.69 Å². The summed E-state index contributed by atoms with van der Waals surface area (Å²) in [6.45, 7) is 5.17. The SMILES string of the molecule is CCN(CC)C(=O)/C=C/c1ccc([N+](=O)[O-])cc1. The highest BCUT2D eigenvalue weighted by Crippen LogP contribution is 2.12. The number of hydrogen-bond donors (Lipinski definition) is 0. The van der Waals surface area contributed by atoms with Crippen LogP contribution in [0.5, 0.6) is 0 Å². The summed E-state index contributed by atoms with van der Waals surface area (Å²) in [4.78, 5) is 23.4. The number of nitro groups is 1. The zero-order valence-corrected chi connectivity index (χ0v) is 10.5. The van der Waals surface area contributed by atoms with Crippen molar-refractivity contribution in [3.63, 3.8) is 0 Å². The Morgan fingerprint density at radius 1 is 1.28 bits per heavy atom. The highest BCUT2D eigenvalue weighted by Gasteiger charge is 2.05. The van der Waals surface area contributed by atoms with Gasteiger partial charge < -0.3 is 4.90 Å². The predicted molar refractivity (Wildman–Crippen MR) is 70.1 cm³/mol. The maximum Gasteiger partial charge on any atom is 0.269 e. The Morgan fingerprint density at radius 3 is 2.28 bits per heavy atom. The molecule has 0 N–H and O–H groups in total. The van der Waals surface area contributed by atoms with Crippen molar-refractivity contribution in [3.05, 3.63) is 46.0 Å². The maximum absolute atomic E-state index is 11.7. The Labute approximate surface area is 106 Å². The molecule has 0 heterocycles. The van der Waals surface area contributed by atoms with E-state index in [1.54, 1.807) is 23.1 Å². The predicted octanol–water partition coefficient (Wildman–Crippen LogP) is 2.48. The van der Waals surface area contributed by atoms with Crippen LogP contribution in [0.15, 0.2) is 30.3 Å². The lowest BCUT2D eigenvalue weighted by atomic mass is 10.2. The number of benzene rings is 1. The quantitative estimate of drug-likeness (QED) is 0.457. The van der Waals surface area contributed by atoms with E-state index in [4.69, 9.17) is 0 Å². The normalized spacial score (nSPS) is 10.6. The molecule has 1 rings (SSSR count). The third-order valence-corrected chi connectivity index (χ3v) is 2.60. The van der Waals surface area contributed by atoms with Gasteiger partial charge in [-0.15, -0.1) is 0 Å². The molecule has 96 valence electrons. The first kappa shape index (κ1) is 13.9. The second-order valence-corrected chi connectivity index (χ2v) is 3.69. The molecule has 0 fully saturated rings. The summed E-state index contributed by atoms with van der Waals surface area (Å²) in [6, 6.07) is 6.07. The second-order valence-electron chi connectivity index (χ2n) is 3.69. The zero-order valence-electron chi connectivity index (χ0n) is 10.5. The number of carbonyl (C=O) groups is 1. The Kier molecular flexibility index (Phi) is 5.05. The van der Waals surface area contributed by atoms with Crippen LogP contribution in [0.3, 0.4) is 0 Å². The Balaban J connectivity index is 2.72. The van der Waals surface area contributed by atoms with E-state index in [9.17, 15) is 14.9 Å². The molecular weight excluding hydrogens is 232 g/mol. The molecule has 0 atom stereocenters. The average molecular weight is 248 g/mol. The highest BCUT2D eigenvalue weighted by atomic mass is 16.6. The molecule has 1 amide bonds. The number of rotatable bonds is 5. The number of nitro benzene ring substituents is 1. The molecule has 0 spiro atoms. The number of likely N-dealkylation sites (N-methyl/N-ethyl adjacent to an activating group) is 1. The maximum atomic E-state index is 11.7. The number of hydrogen-bond acceptors (Lipinski definition) is 3. The van der Waals surface area contributed by atoms with E-state index in [1.165, 1.54) is 18.2 Å². The minimum absolute atomic E-state index is 0.0437. The number of nitrogens with zero attached hydrogens (tertiary/aromatic N) is 2. The zero-order chi connectivity index (χ0) is 13.5. The summed E-state index contributed by atoms with van der Waals surface area (Å²) in [5.74, 6) is -0.0571. The molecule has 0 saturated carbocycles. The van der Waals surface area contributed by atoms with Gasteiger partial charge in [0.05, 0.1) is 4.92 Å². The molecule has 1 aromatic carbocycles. The van der Waals surface area contributed by atoms with Crippen molar-refractivity contribution in [2.75, 3.05) is 13.1 Å².